The first kappa shape index (κ1) is 23.7. The molecule has 0 aliphatic carbocycles. The van der Waals surface area contributed by atoms with Gasteiger partial charge in [-0.15, -0.1) is 0 Å². The monoisotopic (exact) mass is 471 g/mol. The van der Waals surface area contributed by atoms with Gasteiger partial charge in [0.1, 0.15) is 12.3 Å². The third kappa shape index (κ3) is 4.77. The van der Waals surface area contributed by atoms with Gasteiger partial charge >= 0.3 is 5.97 Å². The zero-order valence-electron chi connectivity index (χ0n) is 19.6. The Labute approximate surface area is 202 Å². The lowest BCUT2D eigenvalue weighted by atomic mass is 10.0. The summed E-state index contributed by atoms with van der Waals surface area (Å²) >= 11 is 0. The van der Waals surface area contributed by atoms with E-state index in [1.807, 2.05) is 30.3 Å². The van der Waals surface area contributed by atoms with Crippen molar-refractivity contribution in [1.82, 2.24) is 10.3 Å². The van der Waals surface area contributed by atoms with Gasteiger partial charge in [0.2, 0.25) is 0 Å². The van der Waals surface area contributed by atoms with Crippen LogP contribution in [0.25, 0.3) is 11.6 Å². The summed E-state index contributed by atoms with van der Waals surface area (Å²) in [6, 6.07) is 13.5. The Hall–Kier alpha value is -4.46. The molecule has 1 aliphatic rings. The summed E-state index contributed by atoms with van der Waals surface area (Å²) in [4.78, 5) is 52.5. The second-order valence-corrected chi connectivity index (χ2v) is 8.34. The van der Waals surface area contributed by atoms with E-state index >= 15 is 0 Å². The highest BCUT2D eigenvalue weighted by Gasteiger charge is 2.28. The largest absolute Gasteiger partial charge is 0.467 e. The van der Waals surface area contributed by atoms with Gasteiger partial charge in [0.05, 0.1) is 18.2 Å². The molecule has 0 unspecified atom stereocenters. The average molecular weight is 472 g/mol. The SMILES string of the molecule is COC(=O)[C@H](Cc1ccccc1)NC(=O)c1c(C)[nH]c(/C=C2\C(=O)Nc3ccc(C=O)cc32)c1C. The number of methoxy groups -OCH3 is 1. The fourth-order valence-electron chi connectivity index (χ4n) is 4.24. The third-order valence-electron chi connectivity index (χ3n) is 6.03. The number of H-pyrrole nitrogens is 1. The van der Waals surface area contributed by atoms with Gasteiger partial charge in [0.15, 0.2) is 0 Å². The van der Waals surface area contributed by atoms with Gasteiger partial charge in [0.25, 0.3) is 11.8 Å². The minimum absolute atomic E-state index is 0.286. The molecule has 0 radical (unpaired) electrons. The van der Waals surface area contributed by atoms with Crippen molar-refractivity contribution >= 4 is 41.4 Å². The number of aromatic amines is 1. The number of aromatic nitrogens is 1. The highest BCUT2D eigenvalue weighted by molar-refractivity contribution is 6.35. The van der Waals surface area contributed by atoms with Crippen molar-refractivity contribution in [1.29, 1.82) is 0 Å². The lowest BCUT2D eigenvalue weighted by molar-refractivity contribution is -0.142. The van der Waals surface area contributed by atoms with Crippen molar-refractivity contribution in [3.05, 3.63) is 87.7 Å². The van der Waals surface area contributed by atoms with Crippen LogP contribution in [0.15, 0.2) is 48.5 Å². The number of fused-ring (bicyclic) bond motifs is 1. The molecule has 35 heavy (non-hydrogen) atoms. The summed E-state index contributed by atoms with van der Waals surface area (Å²) in [5, 5.41) is 5.57. The number of amides is 2. The number of anilines is 1. The van der Waals surface area contributed by atoms with Crippen LogP contribution in [0.4, 0.5) is 5.69 Å². The number of benzene rings is 2. The molecule has 178 valence electrons. The lowest BCUT2D eigenvalue weighted by Gasteiger charge is -2.17. The summed E-state index contributed by atoms with van der Waals surface area (Å²) in [7, 11) is 1.28. The number of esters is 1. The Bertz CT molecular complexity index is 1350. The van der Waals surface area contributed by atoms with Gasteiger partial charge in [-0.05, 0) is 49.2 Å². The number of nitrogens with one attached hydrogen (secondary N) is 3. The molecular weight excluding hydrogens is 446 g/mol. The Morgan fingerprint density at radius 2 is 1.86 bits per heavy atom. The number of ether oxygens (including phenoxy) is 1. The van der Waals surface area contributed by atoms with E-state index in [4.69, 9.17) is 4.74 Å². The Kier molecular flexibility index (Phi) is 6.64. The number of carbonyl (C=O) groups excluding carboxylic acids is 4. The van der Waals surface area contributed by atoms with E-state index in [1.165, 1.54) is 7.11 Å². The molecule has 3 aromatic rings. The highest BCUT2D eigenvalue weighted by atomic mass is 16.5. The molecule has 2 amide bonds. The first-order valence-electron chi connectivity index (χ1n) is 11.1. The maximum Gasteiger partial charge on any atom is 0.328 e. The van der Waals surface area contributed by atoms with Crippen molar-refractivity contribution < 1.29 is 23.9 Å². The average Bonchev–Trinajstić information content (AvgIpc) is 3.32. The summed E-state index contributed by atoms with van der Waals surface area (Å²) in [5.41, 5.74) is 5.16. The second-order valence-electron chi connectivity index (χ2n) is 8.34. The van der Waals surface area contributed by atoms with Gasteiger partial charge in [-0.1, -0.05) is 30.3 Å². The Balaban J connectivity index is 1.63. The van der Waals surface area contributed by atoms with Gasteiger partial charge in [-0.2, -0.15) is 0 Å². The van der Waals surface area contributed by atoms with E-state index in [0.717, 1.165) is 11.8 Å². The predicted molar refractivity (Wildman–Crippen MR) is 132 cm³/mol. The number of rotatable bonds is 7. The van der Waals surface area contributed by atoms with Crippen molar-refractivity contribution in [2.24, 2.45) is 0 Å². The maximum atomic E-state index is 13.2. The predicted octanol–water partition coefficient (Wildman–Crippen LogP) is 3.45. The molecule has 0 bridgehead atoms. The maximum absolute atomic E-state index is 13.2. The molecule has 0 saturated heterocycles. The van der Waals surface area contributed by atoms with Crippen LogP contribution in [0.5, 0.6) is 0 Å². The quantitative estimate of drug-likeness (QED) is 0.277. The molecule has 0 saturated carbocycles. The molecule has 4 rings (SSSR count). The number of aryl methyl sites for hydroxylation is 1. The van der Waals surface area contributed by atoms with Crippen molar-refractivity contribution in [3.63, 3.8) is 0 Å². The molecule has 2 aromatic carbocycles. The lowest BCUT2D eigenvalue weighted by Crippen LogP contribution is -2.43. The highest BCUT2D eigenvalue weighted by Crippen LogP contribution is 2.34. The van der Waals surface area contributed by atoms with E-state index in [0.29, 0.717) is 44.9 Å². The van der Waals surface area contributed by atoms with Crippen LogP contribution < -0.4 is 10.6 Å². The number of aldehydes is 1. The van der Waals surface area contributed by atoms with Crippen LogP contribution in [0.1, 0.15) is 48.8 Å². The van der Waals surface area contributed by atoms with Gasteiger partial charge in [0, 0.05) is 34.6 Å². The standard InChI is InChI=1S/C27H25N3O5/c1-15-22(13-20-19-11-18(14-31)9-10-21(19)29-25(20)32)28-16(2)24(15)26(33)30-23(27(34)35-3)12-17-7-5-4-6-8-17/h4-11,13-14,23,28H,12H2,1-3H3,(H,29,32)(H,30,33)/b20-13-/t23-/m0/s1. The Morgan fingerprint density at radius 3 is 2.54 bits per heavy atom. The first-order valence-corrected chi connectivity index (χ1v) is 11.1. The molecule has 8 nitrogen and oxygen atoms in total. The summed E-state index contributed by atoms with van der Waals surface area (Å²) in [5.74, 6) is -1.26. The number of hydrogen-bond donors (Lipinski definition) is 3. The van der Waals surface area contributed by atoms with Crippen LogP contribution in [0.3, 0.4) is 0 Å². The van der Waals surface area contributed by atoms with Gasteiger partial charge < -0.3 is 20.4 Å². The molecule has 0 spiro atoms. The zero-order chi connectivity index (χ0) is 25.1. The van der Waals surface area contributed by atoms with E-state index in [-0.39, 0.29) is 12.3 Å². The normalized spacial score (nSPS) is 14.3. The third-order valence-corrected chi connectivity index (χ3v) is 6.03. The molecule has 8 heteroatoms. The Morgan fingerprint density at radius 1 is 1.11 bits per heavy atom. The molecule has 3 N–H and O–H groups in total. The molecule has 2 heterocycles. The minimum atomic E-state index is -0.861. The summed E-state index contributed by atoms with van der Waals surface area (Å²) in [6.07, 6.45) is 2.67. The fourth-order valence-corrected chi connectivity index (χ4v) is 4.24. The van der Waals surface area contributed by atoms with Crippen LogP contribution >= 0.6 is 0 Å². The van der Waals surface area contributed by atoms with Crippen LogP contribution in [-0.2, 0) is 20.7 Å². The second kappa shape index (κ2) is 9.80. The van der Waals surface area contributed by atoms with E-state index < -0.39 is 17.9 Å². The summed E-state index contributed by atoms with van der Waals surface area (Å²) in [6.45, 7) is 3.52. The van der Waals surface area contributed by atoms with Crippen molar-refractivity contribution in [2.45, 2.75) is 26.3 Å². The van der Waals surface area contributed by atoms with Crippen LogP contribution in [0, 0.1) is 13.8 Å². The van der Waals surface area contributed by atoms with Gasteiger partial charge in [-0.25, -0.2) is 4.79 Å². The minimum Gasteiger partial charge on any atom is -0.467 e. The molecule has 1 aliphatic heterocycles. The van der Waals surface area contributed by atoms with Crippen molar-refractivity contribution in [3.8, 4) is 0 Å². The molecule has 1 atom stereocenters. The molecular formula is C27H25N3O5. The van der Waals surface area contributed by atoms with E-state index in [1.54, 1.807) is 38.1 Å². The number of carbonyl (C=O) groups is 4. The smallest absolute Gasteiger partial charge is 0.328 e. The van der Waals surface area contributed by atoms with Crippen LogP contribution in [-0.4, -0.2) is 42.2 Å². The van der Waals surface area contributed by atoms with Crippen LogP contribution in [0.2, 0.25) is 0 Å². The number of hydrogen-bond acceptors (Lipinski definition) is 5. The van der Waals surface area contributed by atoms with E-state index in [2.05, 4.69) is 15.6 Å². The van der Waals surface area contributed by atoms with Crippen molar-refractivity contribution in [2.75, 3.05) is 12.4 Å². The first-order chi connectivity index (χ1) is 16.8. The fraction of sp³-hybridized carbons (Fsp3) is 0.185. The van der Waals surface area contributed by atoms with Gasteiger partial charge in [-0.3, -0.25) is 14.4 Å². The topological polar surface area (TPSA) is 117 Å². The van der Waals surface area contributed by atoms with E-state index in [9.17, 15) is 19.2 Å². The summed E-state index contributed by atoms with van der Waals surface area (Å²) < 4.78 is 4.90. The zero-order valence-corrected chi connectivity index (χ0v) is 19.6. The molecule has 1 aromatic heterocycles. The molecule has 0 fully saturated rings.